The summed E-state index contributed by atoms with van der Waals surface area (Å²) >= 11 is 5.98. The number of methoxy groups -OCH3 is 1. The van der Waals surface area contributed by atoms with E-state index in [0.29, 0.717) is 16.5 Å². The molecule has 1 heterocycles. The van der Waals surface area contributed by atoms with E-state index in [2.05, 4.69) is 0 Å². The highest BCUT2D eigenvalue weighted by Crippen LogP contribution is 2.36. The number of anilines is 1. The molecule has 0 spiro atoms. The number of benzene rings is 2. The Bertz CT molecular complexity index is 967. The highest BCUT2D eigenvalue weighted by atomic mass is 35.5. The van der Waals surface area contributed by atoms with Crippen molar-refractivity contribution in [3.05, 3.63) is 57.4 Å². The van der Waals surface area contributed by atoms with Crippen molar-refractivity contribution in [2.45, 2.75) is 6.42 Å². The molecule has 146 valence electrons. The van der Waals surface area contributed by atoms with Crippen LogP contribution in [0.25, 0.3) is 0 Å². The fourth-order valence-corrected chi connectivity index (χ4v) is 3.05. The van der Waals surface area contributed by atoms with Crippen molar-refractivity contribution in [2.75, 3.05) is 18.6 Å². The first kappa shape index (κ1) is 19.6. The molecule has 0 N–H and O–H groups in total. The minimum absolute atomic E-state index is 0.0303. The quantitative estimate of drug-likeness (QED) is 0.325. The number of carbonyl (C=O) groups excluding carboxylic acids is 2. The average Bonchev–Trinajstić information content (AvgIpc) is 3.03. The van der Waals surface area contributed by atoms with E-state index in [1.165, 1.54) is 18.1 Å². The summed E-state index contributed by atoms with van der Waals surface area (Å²) in [5, 5.41) is 11.4. The van der Waals surface area contributed by atoms with Crippen LogP contribution in [0.2, 0.25) is 5.02 Å². The van der Waals surface area contributed by atoms with E-state index in [0.717, 1.165) is 18.2 Å². The second kappa shape index (κ2) is 7.81. The van der Waals surface area contributed by atoms with Crippen LogP contribution in [0.4, 0.5) is 15.8 Å². The van der Waals surface area contributed by atoms with E-state index in [1.807, 2.05) is 0 Å². The number of ether oxygens (including phenoxy) is 2. The Labute approximate surface area is 163 Å². The summed E-state index contributed by atoms with van der Waals surface area (Å²) in [6, 6.07) is 7.27. The predicted molar refractivity (Wildman–Crippen MR) is 97.2 cm³/mol. The van der Waals surface area contributed by atoms with Gasteiger partial charge in [-0.2, -0.15) is 0 Å². The molecule has 0 bridgehead atoms. The van der Waals surface area contributed by atoms with Crippen LogP contribution >= 0.6 is 11.6 Å². The summed E-state index contributed by atoms with van der Waals surface area (Å²) in [7, 11) is 1.43. The third-order valence-electron chi connectivity index (χ3n) is 4.22. The lowest BCUT2D eigenvalue weighted by Crippen LogP contribution is -2.27. The van der Waals surface area contributed by atoms with Crippen LogP contribution in [0.3, 0.4) is 0 Å². The Morgan fingerprint density at radius 1 is 1.29 bits per heavy atom. The SMILES string of the molecule is COc1ccc(Cl)cc1N1CC(C(=O)Oc2cc(F)ccc2[N+](=O)[O-])CC1=O. The topological polar surface area (TPSA) is 99.0 Å². The van der Waals surface area contributed by atoms with Gasteiger partial charge in [0.05, 0.1) is 23.6 Å². The van der Waals surface area contributed by atoms with Crippen LogP contribution in [0.1, 0.15) is 6.42 Å². The van der Waals surface area contributed by atoms with E-state index in [-0.39, 0.29) is 18.9 Å². The van der Waals surface area contributed by atoms with E-state index in [4.69, 9.17) is 21.1 Å². The molecule has 1 amide bonds. The molecule has 10 heteroatoms. The van der Waals surface area contributed by atoms with Gasteiger partial charge in [0.1, 0.15) is 11.6 Å². The molecule has 3 rings (SSSR count). The molecular formula is C18H14ClFN2O6. The minimum Gasteiger partial charge on any atom is -0.495 e. The molecule has 28 heavy (non-hydrogen) atoms. The van der Waals surface area contributed by atoms with Crippen molar-refractivity contribution in [1.29, 1.82) is 0 Å². The Morgan fingerprint density at radius 3 is 2.71 bits per heavy atom. The van der Waals surface area contributed by atoms with Gasteiger partial charge in [-0.15, -0.1) is 0 Å². The Morgan fingerprint density at radius 2 is 2.04 bits per heavy atom. The maximum atomic E-state index is 13.4. The summed E-state index contributed by atoms with van der Waals surface area (Å²) in [5.41, 5.74) is -0.153. The zero-order valence-corrected chi connectivity index (χ0v) is 15.3. The van der Waals surface area contributed by atoms with Gasteiger partial charge in [0.25, 0.3) is 0 Å². The van der Waals surface area contributed by atoms with Gasteiger partial charge in [-0.1, -0.05) is 11.6 Å². The summed E-state index contributed by atoms with van der Waals surface area (Å²) < 4.78 is 23.7. The molecule has 1 unspecified atom stereocenters. The number of esters is 1. The van der Waals surface area contributed by atoms with Crippen molar-refractivity contribution in [3.63, 3.8) is 0 Å². The van der Waals surface area contributed by atoms with Crippen molar-refractivity contribution in [2.24, 2.45) is 5.92 Å². The molecule has 0 aromatic heterocycles. The zero-order chi connectivity index (χ0) is 20.4. The lowest BCUT2D eigenvalue weighted by Gasteiger charge is -2.19. The maximum absolute atomic E-state index is 13.4. The molecule has 1 aliphatic heterocycles. The van der Waals surface area contributed by atoms with Gasteiger partial charge in [0, 0.05) is 30.1 Å². The van der Waals surface area contributed by atoms with Crippen molar-refractivity contribution < 1.29 is 28.4 Å². The first-order valence-electron chi connectivity index (χ1n) is 8.09. The van der Waals surface area contributed by atoms with Gasteiger partial charge < -0.3 is 14.4 Å². The number of nitro groups is 1. The van der Waals surface area contributed by atoms with Crippen LogP contribution in [-0.2, 0) is 9.59 Å². The Kier molecular flexibility index (Phi) is 5.46. The molecule has 0 radical (unpaired) electrons. The monoisotopic (exact) mass is 408 g/mol. The first-order chi connectivity index (χ1) is 13.3. The highest BCUT2D eigenvalue weighted by Gasteiger charge is 2.38. The minimum atomic E-state index is -0.890. The molecule has 1 aliphatic rings. The molecule has 2 aromatic carbocycles. The predicted octanol–water partition coefficient (Wildman–Crippen LogP) is 3.35. The molecule has 1 atom stereocenters. The fourth-order valence-electron chi connectivity index (χ4n) is 2.88. The number of hydrogen-bond acceptors (Lipinski definition) is 6. The van der Waals surface area contributed by atoms with Gasteiger partial charge in [0.2, 0.25) is 11.7 Å². The smallest absolute Gasteiger partial charge is 0.316 e. The summed E-state index contributed by atoms with van der Waals surface area (Å²) in [5.74, 6) is -3.03. The van der Waals surface area contributed by atoms with Crippen LogP contribution in [0, 0.1) is 21.8 Å². The van der Waals surface area contributed by atoms with E-state index in [9.17, 15) is 24.1 Å². The lowest BCUT2D eigenvalue weighted by atomic mass is 10.1. The first-order valence-corrected chi connectivity index (χ1v) is 8.47. The largest absolute Gasteiger partial charge is 0.495 e. The number of amides is 1. The van der Waals surface area contributed by atoms with Gasteiger partial charge in [-0.05, 0) is 24.3 Å². The summed E-state index contributed by atoms with van der Waals surface area (Å²) in [6.07, 6.45) is -0.169. The van der Waals surface area contributed by atoms with E-state index in [1.54, 1.807) is 12.1 Å². The molecule has 2 aromatic rings. The lowest BCUT2D eigenvalue weighted by molar-refractivity contribution is -0.385. The molecule has 8 nitrogen and oxygen atoms in total. The maximum Gasteiger partial charge on any atom is 0.316 e. The number of nitrogens with zero attached hydrogens (tertiary/aromatic N) is 2. The molecule has 1 fully saturated rings. The average molecular weight is 409 g/mol. The standard InChI is InChI=1S/C18H14ClFN2O6/c1-27-15-5-2-11(19)7-14(15)21-9-10(6-17(21)23)18(24)28-16-8-12(20)3-4-13(16)22(25)26/h2-5,7-8,10H,6,9H2,1H3. The van der Waals surface area contributed by atoms with Gasteiger partial charge in [-0.3, -0.25) is 19.7 Å². The number of carbonyl (C=O) groups is 2. The fraction of sp³-hybridized carbons (Fsp3) is 0.222. The number of nitro benzene ring substituents is 1. The van der Waals surface area contributed by atoms with Crippen LogP contribution in [0.5, 0.6) is 11.5 Å². The number of hydrogen-bond donors (Lipinski definition) is 0. The van der Waals surface area contributed by atoms with Gasteiger partial charge >= 0.3 is 11.7 Å². The second-order valence-corrected chi connectivity index (χ2v) is 6.45. The van der Waals surface area contributed by atoms with E-state index < -0.39 is 34.1 Å². The molecule has 1 saturated heterocycles. The third-order valence-corrected chi connectivity index (χ3v) is 4.45. The number of halogens is 2. The van der Waals surface area contributed by atoms with Gasteiger partial charge in [-0.25, -0.2) is 4.39 Å². The third kappa shape index (κ3) is 3.89. The van der Waals surface area contributed by atoms with Crippen LogP contribution in [-0.4, -0.2) is 30.5 Å². The molecular weight excluding hydrogens is 395 g/mol. The van der Waals surface area contributed by atoms with Crippen molar-refractivity contribution >= 4 is 34.9 Å². The van der Waals surface area contributed by atoms with Crippen molar-refractivity contribution in [1.82, 2.24) is 0 Å². The normalized spacial score (nSPS) is 16.2. The van der Waals surface area contributed by atoms with Crippen LogP contribution < -0.4 is 14.4 Å². The Hall–Kier alpha value is -3.20. The van der Waals surface area contributed by atoms with Crippen LogP contribution in [0.15, 0.2) is 36.4 Å². The summed E-state index contributed by atoms with van der Waals surface area (Å²) in [6.45, 7) is -0.0303. The van der Waals surface area contributed by atoms with E-state index >= 15 is 0 Å². The Balaban J connectivity index is 1.81. The molecule has 0 aliphatic carbocycles. The highest BCUT2D eigenvalue weighted by molar-refractivity contribution is 6.31. The van der Waals surface area contributed by atoms with Gasteiger partial charge in [0.15, 0.2) is 0 Å². The van der Waals surface area contributed by atoms with Crippen molar-refractivity contribution in [3.8, 4) is 11.5 Å². The zero-order valence-electron chi connectivity index (χ0n) is 14.6. The molecule has 0 saturated carbocycles. The second-order valence-electron chi connectivity index (χ2n) is 6.01. The summed E-state index contributed by atoms with van der Waals surface area (Å²) in [4.78, 5) is 36.4. The number of rotatable bonds is 5.